The Labute approximate surface area is 241 Å². The van der Waals surface area contributed by atoms with Gasteiger partial charge < -0.3 is 29.4 Å². The number of hydrogen-bond donors (Lipinski definition) is 1. The molecule has 1 saturated heterocycles. The third kappa shape index (κ3) is 5.22. The first-order valence-corrected chi connectivity index (χ1v) is 14.4. The molecule has 9 heteroatoms. The fourth-order valence-electron chi connectivity index (χ4n) is 6.31. The van der Waals surface area contributed by atoms with Crippen LogP contribution in [0.4, 0.5) is 11.5 Å². The topological polar surface area (TPSA) is 85.3 Å². The lowest BCUT2D eigenvalue weighted by Gasteiger charge is -2.40. The monoisotopic (exact) mass is 554 g/mol. The van der Waals surface area contributed by atoms with Gasteiger partial charge in [0.2, 0.25) is 5.91 Å². The standard InChI is InChI=1S/C32H38N6O3/c1-5-30(40)37-17-22(3)38(18-21(37)2)31-27-12-14-36(29-16-25(39)15-23-9-6-7-11-26(23)29)19-28(27)33-32(34-31)41-20-24-10-8-13-35(24)4/h5-7,9,11,15-16,18,22,24,39H,1,8,10,12-14,17,19-20H2,2-4H3/t22-,24-/m0/s1. The summed E-state index contributed by atoms with van der Waals surface area (Å²) in [5.74, 6) is 0.982. The van der Waals surface area contributed by atoms with Crippen molar-refractivity contribution in [2.45, 2.75) is 51.7 Å². The molecule has 2 aromatic carbocycles. The van der Waals surface area contributed by atoms with Crippen molar-refractivity contribution in [2.24, 2.45) is 0 Å². The van der Waals surface area contributed by atoms with E-state index in [0.717, 1.165) is 65.2 Å². The van der Waals surface area contributed by atoms with Gasteiger partial charge in [-0.3, -0.25) is 4.79 Å². The molecule has 0 unspecified atom stereocenters. The number of amides is 1. The summed E-state index contributed by atoms with van der Waals surface area (Å²) >= 11 is 0. The number of carbonyl (C=O) groups is 1. The highest BCUT2D eigenvalue weighted by Gasteiger charge is 2.32. The molecule has 0 bridgehead atoms. The van der Waals surface area contributed by atoms with Crippen molar-refractivity contribution in [3.63, 3.8) is 0 Å². The van der Waals surface area contributed by atoms with Gasteiger partial charge in [-0.1, -0.05) is 30.8 Å². The van der Waals surface area contributed by atoms with Crippen LogP contribution in [0.25, 0.3) is 10.8 Å². The molecule has 0 saturated carbocycles. The molecule has 214 valence electrons. The Morgan fingerprint density at radius 3 is 2.83 bits per heavy atom. The number of ether oxygens (including phenoxy) is 1. The Kier molecular flexibility index (Phi) is 7.30. The Morgan fingerprint density at radius 1 is 1.22 bits per heavy atom. The van der Waals surface area contributed by atoms with Crippen LogP contribution in [0.3, 0.4) is 0 Å². The lowest BCUT2D eigenvalue weighted by atomic mass is 10.0. The lowest BCUT2D eigenvalue weighted by Crippen LogP contribution is -2.47. The maximum Gasteiger partial charge on any atom is 0.318 e. The van der Waals surface area contributed by atoms with Crippen LogP contribution in [0.2, 0.25) is 0 Å². The Bertz CT molecular complexity index is 1520. The van der Waals surface area contributed by atoms with Crippen molar-refractivity contribution in [2.75, 3.05) is 43.1 Å². The van der Waals surface area contributed by atoms with Gasteiger partial charge in [0.05, 0.1) is 18.3 Å². The highest BCUT2D eigenvalue weighted by Crippen LogP contribution is 2.37. The highest BCUT2D eigenvalue weighted by atomic mass is 16.5. The average molecular weight is 555 g/mol. The van der Waals surface area contributed by atoms with Crippen molar-refractivity contribution < 1.29 is 14.6 Å². The number of likely N-dealkylation sites (tertiary alicyclic amines) is 1. The van der Waals surface area contributed by atoms with Crippen molar-refractivity contribution in [3.8, 4) is 11.8 Å². The molecule has 1 fully saturated rings. The molecular weight excluding hydrogens is 516 g/mol. The number of aromatic nitrogens is 2. The van der Waals surface area contributed by atoms with Crippen LogP contribution < -0.4 is 14.5 Å². The van der Waals surface area contributed by atoms with Crippen molar-refractivity contribution >= 4 is 28.2 Å². The van der Waals surface area contributed by atoms with Crippen molar-refractivity contribution in [1.29, 1.82) is 0 Å². The van der Waals surface area contributed by atoms with Crippen LogP contribution in [-0.2, 0) is 17.8 Å². The van der Waals surface area contributed by atoms with E-state index in [1.165, 1.54) is 12.5 Å². The number of phenolic OH excluding ortho intramolecular Hbond substituents is 1. The molecule has 2 atom stereocenters. The van der Waals surface area contributed by atoms with Gasteiger partial charge in [0.1, 0.15) is 18.2 Å². The quantitative estimate of drug-likeness (QED) is 0.448. The molecule has 9 nitrogen and oxygen atoms in total. The first-order valence-electron chi connectivity index (χ1n) is 14.4. The molecular formula is C32H38N6O3. The normalized spacial score (nSPS) is 21.1. The van der Waals surface area contributed by atoms with Gasteiger partial charge in [0, 0.05) is 53.7 Å². The predicted octanol–water partition coefficient (Wildman–Crippen LogP) is 4.46. The van der Waals surface area contributed by atoms with E-state index in [2.05, 4.69) is 41.3 Å². The molecule has 3 aromatic rings. The van der Waals surface area contributed by atoms with Crippen LogP contribution in [0.15, 0.2) is 61.0 Å². The molecule has 3 aliphatic rings. The first-order chi connectivity index (χ1) is 19.8. The largest absolute Gasteiger partial charge is 0.508 e. The molecule has 4 heterocycles. The second-order valence-corrected chi connectivity index (χ2v) is 11.4. The summed E-state index contributed by atoms with van der Waals surface area (Å²) < 4.78 is 6.28. The van der Waals surface area contributed by atoms with E-state index >= 15 is 0 Å². The van der Waals surface area contributed by atoms with E-state index in [-0.39, 0.29) is 17.7 Å². The minimum Gasteiger partial charge on any atom is -0.508 e. The molecule has 1 aromatic heterocycles. The Morgan fingerprint density at radius 2 is 2.05 bits per heavy atom. The minimum atomic E-state index is -0.103. The summed E-state index contributed by atoms with van der Waals surface area (Å²) in [4.78, 5) is 30.9. The molecule has 1 amide bonds. The Balaban J connectivity index is 1.38. The number of nitrogens with zero attached hydrogens (tertiary/aromatic N) is 6. The Hall–Kier alpha value is -4.11. The average Bonchev–Trinajstić information content (AvgIpc) is 3.39. The second kappa shape index (κ2) is 11.0. The maximum atomic E-state index is 12.5. The van der Waals surface area contributed by atoms with Gasteiger partial charge in [0.25, 0.3) is 0 Å². The number of fused-ring (bicyclic) bond motifs is 2. The van der Waals surface area contributed by atoms with Crippen molar-refractivity contribution in [3.05, 3.63) is 72.2 Å². The zero-order valence-electron chi connectivity index (χ0n) is 24.1. The van der Waals surface area contributed by atoms with Gasteiger partial charge in [-0.05, 0) is 64.2 Å². The van der Waals surface area contributed by atoms with Crippen LogP contribution in [0.5, 0.6) is 11.8 Å². The third-order valence-electron chi connectivity index (χ3n) is 8.62. The summed E-state index contributed by atoms with van der Waals surface area (Å²) in [5.41, 5.74) is 3.85. The van der Waals surface area contributed by atoms with E-state index in [9.17, 15) is 9.90 Å². The van der Waals surface area contributed by atoms with E-state index in [1.54, 1.807) is 11.0 Å². The van der Waals surface area contributed by atoms with Crippen LogP contribution >= 0.6 is 0 Å². The zero-order valence-corrected chi connectivity index (χ0v) is 24.1. The van der Waals surface area contributed by atoms with Gasteiger partial charge in [-0.25, -0.2) is 0 Å². The van der Waals surface area contributed by atoms with Crippen LogP contribution in [0.1, 0.15) is 37.9 Å². The number of allylic oxidation sites excluding steroid dienone is 1. The number of hydrogen-bond acceptors (Lipinski definition) is 8. The van der Waals surface area contributed by atoms with Crippen LogP contribution in [-0.4, -0.2) is 76.2 Å². The molecule has 0 spiro atoms. The van der Waals surface area contributed by atoms with Gasteiger partial charge in [-0.2, -0.15) is 9.97 Å². The minimum absolute atomic E-state index is 0.00320. The third-order valence-corrected chi connectivity index (χ3v) is 8.62. The van der Waals surface area contributed by atoms with E-state index in [0.29, 0.717) is 31.7 Å². The fourth-order valence-corrected chi connectivity index (χ4v) is 6.31. The van der Waals surface area contributed by atoms with Crippen LogP contribution in [0, 0.1) is 0 Å². The molecule has 41 heavy (non-hydrogen) atoms. The summed E-state index contributed by atoms with van der Waals surface area (Å²) in [7, 11) is 2.14. The van der Waals surface area contributed by atoms with Crippen molar-refractivity contribution in [1.82, 2.24) is 19.8 Å². The smallest absolute Gasteiger partial charge is 0.318 e. The lowest BCUT2D eigenvalue weighted by molar-refractivity contribution is -0.124. The second-order valence-electron chi connectivity index (χ2n) is 11.4. The van der Waals surface area contributed by atoms with E-state index in [1.807, 2.05) is 37.4 Å². The van der Waals surface area contributed by atoms with Gasteiger partial charge >= 0.3 is 6.01 Å². The highest BCUT2D eigenvalue weighted by molar-refractivity contribution is 5.95. The summed E-state index contributed by atoms with van der Waals surface area (Å²) in [6, 6.07) is 12.5. The number of rotatable bonds is 6. The van der Waals surface area contributed by atoms with E-state index < -0.39 is 0 Å². The summed E-state index contributed by atoms with van der Waals surface area (Å²) in [5, 5.41) is 12.6. The first kappa shape index (κ1) is 27.1. The summed E-state index contributed by atoms with van der Waals surface area (Å²) in [6.45, 7) is 11.2. The molecule has 0 aliphatic carbocycles. The number of likely N-dealkylation sites (N-methyl/N-ethyl adjacent to an activating group) is 1. The number of phenols is 1. The van der Waals surface area contributed by atoms with Gasteiger partial charge in [-0.15, -0.1) is 0 Å². The number of benzene rings is 2. The summed E-state index contributed by atoms with van der Waals surface area (Å²) in [6.07, 6.45) is 6.37. The fraction of sp³-hybridized carbons (Fsp3) is 0.406. The molecule has 3 aliphatic heterocycles. The maximum absolute atomic E-state index is 12.5. The number of aromatic hydroxyl groups is 1. The zero-order chi connectivity index (χ0) is 28.7. The predicted molar refractivity (Wildman–Crippen MR) is 161 cm³/mol. The van der Waals surface area contributed by atoms with E-state index in [4.69, 9.17) is 14.7 Å². The van der Waals surface area contributed by atoms with Gasteiger partial charge in [0.15, 0.2) is 0 Å². The molecule has 6 rings (SSSR count). The number of anilines is 2. The molecule has 1 N–H and O–H groups in total. The molecule has 0 radical (unpaired) electrons. The number of carbonyl (C=O) groups excluding carboxylic acids is 1. The SMILES string of the molecule is C=CC(=O)N1C[C@H](C)N(c2nc(OC[C@@H]3CCCN3C)nc3c2CCN(c2cc(O)cc4ccccc24)C3)C=C1C.